The minimum atomic E-state index is -1.23. The van der Waals surface area contributed by atoms with Gasteiger partial charge in [-0.15, -0.1) is 0 Å². The van der Waals surface area contributed by atoms with E-state index >= 15 is 0 Å². The molecule has 1 unspecified atom stereocenters. The van der Waals surface area contributed by atoms with E-state index in [-0.39, 0.29) is 11.9 Å². The van der Waals surface area contributed by atoms with Gasteiger partial charge in [0.05, 0.1) is 0 Å². The number of carboxylic acids is 1. The van der Waals surface area contributed by atoms with Crippen LogP contribution in [0.15, 0.2) is 0 Å². The Morgan fingerprint density at radius 2 is 1.86 bits per heavy atom. The second kappa shape index (κ2) is 7.28. The molecule has 1 atom stereocenters. The molecule has 0 aromatic rings. The number of amides is 3. The fourth-order valence-corrected chi connectivity index (χ4v) is 2.24. The van der Waals surface area contributed by atoms with E-state index in [1.165, 1.54) is 13.8 Å². The van der Waals surface area contributed by atoms with Gasteiger partial charge < -0.3 is 20.6 Å². The molecule has 1 rings (SSSR count). The Bertz CT molecular complexity index is 405. The van der Waals surface area contributed by atoms with Gasteiger partial charge in [0.25, 0.3) is 0 Å². The molecule has 3 amide bonds. The van der Waals surface area contributed by atoms with E-state index in [1.807, 2.05) is 0 Å². The van der Waals surface area contributed by atoms with Crippen LogP contribution in [0.1, 0.15) is 40.0 Å². The first-order valence-electron chi connectivity index (χ1n) is 7.33. The number of piperidine rings is 1. The molecule has 21 heavy (non-hydrogen) atoms. The lowest BCUT2D eigenvalue weighted by Crippen LogP contribution is -2.57. The topological polar surface area (TPSA) is 98.7 Å². The van der Waals surface area contributed by atoms with Crippen LogP contribution in [0.2, 0.25) is 0 Å². The summed E-state index contributed by atoms with van der Waals surface area (Å²) in [5, 5.41) is 14.6. The van der Waals surface area contributed by atoms with Crippen LogP contribution in [0, 0.1) is 5.92 Å². The van der Waals surface area contributed by atoms with E-state index in [4.69, 9.17) is 0 Å². The first kappa shape index (κ1) is 17.3. The Labute approximate surface area is 125 Å². The second-order valence-electron chi connectivity index (χ2n) is 5.79. The minimum absolute atomic E-state index is 0.0460. The quantitative estimate of drug-likeness (QED) is 0.699. The summed E-state index contributed by atoms with van der Waals surface area (Å²) in [6.45, 7) is 6.52. The van der Waals surface area contributed by atoms with Crippen molar-refractivity contribution in [3.05, 3.63) is 0 Å². The Kier molecular flexibility index (Phi) is 5.99. The Hall–Kier alpha value is -1.79. The normalized spacial score (nSPS) is 18.7. The molecule has 0 spiro atoms. The van der Waals surface area contributed by atoms with Crippen LogP contribution in [0.3, 0.4) is 0 Å². The lowest BCUT2D eigenvalue weighted by molar-refractivity contribution is -0.143. The Morgan fingerprint density at radius 3 is 2.29 bits per heavy atom. The van der Waals surface area contributed by atoms with Gasteiger partial charge in [-0.05, 0) is 32.1 Å². The van der Waals surface area contributed by atoms with Crippen LogP contribution >= 0.6 is 0 Å². The average Bonchev–Trinajstić information content (AvgIpc) is 2.45. The predicted octanol–water partition coefficient (Wildman–Crippen LogP) is 0.797. The summed E-state index contributed by atoms with van der Waals surface area (Å²) in [5.41, 5.74) is -1.23. The smallest absolute Gasteiger partial charge is 0.329 e. The molecule has 0 aromatic carbocycles. The maximum Gasteiger partial charge on any atom is 0.329 e. The van der Waals surface area contributed by atoms with Gasteiger partial charge in [-0.1, -0.05) is 6.92 Å². The van der Waals surface area contributed by atoms with Crippen molar-refractivity contribution in [1.82, 2.24) is 15.5 Å². The van der Waals surface area contributed by atoms with Crippen molar-refractivity contribution in [2.45, 2.75) is 45.6 Å². The molecular formula is C14H25N3O4. The molecule has 7 heteroatoms. The predicted molar refractivity (Wildman–Crippen MR) is 77.8 cm³/mol. The second-order valence-corrected chi connectivity index (χ2v) is 5.79. The summed E-state index contributed by atoms with van der Waals surface area (Å²) in [4.78, 5) is 35.8. The van der Waals surface area contributed by atoms with E-state index in [9.17, 15) is 19.5 Å². The van der Waals surface area contributed by atoms with Gasteiger partial charge in [0.15, 0.2) is 0 Å². The molecule has 0 saturated carbocycles. The lowest BCUT2D eigenvalue weighted by atomic mass is 9.96. The van der Waals surface area contributed by atoms with E-state index < -0.39 is 11.5 Å². The van der Waals surface area contributed by atoms with Gasteiger partial charge >= 0.3 is 12.0 Å². The summed E-state index contributed by atoms with van der Waals surface area (Å²) in [7, 11) is 0. The van der Waals surface area contributed by atoms with Gasteiger partial charge in [-0.2, -0.15) is 0 Å². The van der Waals surface area contributed by atoms with Gasteiger partial charge in [0, 0.05) is 26.6 Å². The van der Waals surface area contributed by atoms with Gasteiger partial charge in [0.1, 0.15) is 5.54 Å². The fraction of sp³-hybridized carbons (Fsp3) is 0.786. The molecule has 7 nitrogen and oxygen atoms in total. The lowest BCUT2D eigenvalue weighted by Gasteiger charge is -2.34. The zero-order valence-electron chi connectivity index (χ0n) is 12.9. The van der Waals surface area contributed by atoms with Crippen LogP contribution in [-0.4, -0.2) is 53.1 Å². The van der Waals surface area contributed by atoms with Crippen molar-refractivity contribution in [3.63, 3.8) is 0 Å². The Morgan fingerprint density at radius 1 is 1.29 bits per heavy atom. The number of carbonyl (C=O) groups is 3. The number of hydrogen-bond donors (Lipinski definition) is 3. The number of nitrogens with one attached hydrogen (secondary N) is 2. The molecule has 1 saturated heterocycles. The van der Waals surface area contributed by atoms with Gasteiger partial charge in [-0.3, -0.25) is 4.79 Å². The highest BCUT2D eigenvalue weighted by molar-refractivity contribution is 5.85. The summed E-state index contributed by atoms with van der Waals surface area (Å²) >= 11 is 0. The third kappa shape index (κ3) is 4.91. The molecule has 0 bridgehead atoms. The van der Waals surface area contributed by atoms with Crippen molar-refractivity contribution in [2.75, 3.05) is 19.6 Å². The molecule has 3 N–H and O–H groups in total. The molecule has 1 fully saturated rings. The molecule has 0 aliphatic carbocycles. The third-order valence-electron chi connectivity index (χ3n) is 4.10. The average molecular weight is 299 g/mol. The Balaban J connectivity index is 2.45. The number of carbonyl (C=O) groups excluding carboxylic acids is 2. The zero-order chi connectivity index (χ0) is 16.0. The molecule has 120 valence electrons. The van der Waals surface area contributed by atoms with Crippen LogP contribution < -0.4 is 10.6 Å². The number of rotatable bonds is 5. The molecule has 1 aliphatic rings. The molecule has 0 aromatic heterocycles. The van der Waals surface area contributed by atoms with Crippen molar-refractivity contribution in [2.24, 2.45) is 5.92 Å². The molecule has 1 aliphatic heterocycles. The highest BCUT2D eigenvalue weighted by Crippen LogP contribution is 2.18. The maximum atomic E-state index is 12.1. The number of urea groups is 1. The molecular weight excluding hydrogens is 274 g/mol. The first-order valence-corrected chi connectivity index (χ1v) is 7.33. The third-order valence-corrected chi connectivity index (χ3v) is 4.10. The van der Waals surface area contributed by atoms with Crippen molar-refractivity contribution in [1.29, 1.82) is 0 Å². The number of nitrogens with zero attached hydrogens (tertiary/aromatic N) is 1. The van der Waals surface area contributed by atoms with Crippen LogP contribution in [-0.2, 0) is 9.59 Å². The summed E-state index contributed by atoms with van der Waals surface area (Å²) < 4.78 is 0. The van der Waals surface area contributed by atoms with Gasteiger partial charge in [-0.25, -0.2) is 9.59 Å². The number of hydrogen-bond acceptors (Lipinski definition) is 3. The van der Waals surface area contributed by atoms with Crippen LogP contribution in [0.4, 0.5) is 4.79 Å². The highest BCUT2D eigenvalue weighted by atomic mass is 16.4. The van der Waals surface area contributed by atoms with Gasteiger partial charge in [0.2, 0.25) is 5.91 Å². The highest BCUT2D eigenvalue weighted by Gasteiger charge is 2.35. The number of carboxylic acid groups (broad SMARTS) is 1. The number of aliphatic carboxylic acids is 1. The van der Waals surface area contributed by atoms with Crippen molar-refractivity contribution >= 4 is 17.9 Å². The van der Waals surface area contributed by atoms with E-state index in [1.54, 1.807) is 11.8 Å². The fourth-order valence-electron chi connectivity index (χ4n) is 2.24. The number of likely N-dealkylation sites (tertiary alicyclic amines) is 1. The van der Waals surface area contributed by atoms with Crippen LogP contribution in [0.25, 0.3) is 0 Å². The van der Waals surface area contributed by atoms with Crippen LogP contribution in [0.5, 0.6) is 0 Å². The van der Waals surface area contributed by atoms with Crippen molar-refractivity contribution < 1.29 is 19.5 Å². The van der Waals surface area contributed by atoms with E-state index in [2.05, 4.69) is 10.6 Å². The monoisotopic (exact) mass is 299 g/mol. The molecule has 1 heterocycles. The van der Waals surface area contributed by atoms with Crippen molar-refractivity contribution in [3.8, 4) is 0 Å². The zero-order valence-corrected chi connectivity index (χ0v) is 12.9. The summed E-state index contributed by atoms with van der Waals surface area (Å²) in [5.74, 6) is -0.704. The first-order chi connectivity index (χ1) is 9.78. The minimum Gasteiger partial charge on any atom is -0.480 e. The molecule has 0 radical (unpaired) electrons. The summed E-state index contributed by atoms with van der Waals surface area (Å²) in [6, 6.07) is -0.334. The largest absolute Gasteiger partial charge is 0.480 e. The summed E-state index contributed by atoms with van der Waals surface area (Å²) in [6.07, 6.45) is 1.94. The standard InChI is InChI=1S/C14H25N3O4/c1-4-14(3,12(19)20)16-13(21)17-7-5-11(6-8-17)9-15-10(2)18/h11H,4-9H2,1-3H3,(H,15,18)(H,16,21)(H,19,20). The van der Waals surface area contributed by atoms with E-state index in [0.29, 0.717) is 32.0 Å². The maximum absolute atomic E-state index is 12.1. The SMILES string of the molecule is CCC(C)(NC(=O)N1CCC(CNC(C)=O)CC1)C(=O)O. The van der Waals surface area contributed by atoms with E-state index in [0.717, 1.165) is 12.8 Å².